The number of rotatable bonds is 2. The molecule has 0 unspecified atom stereocenters. The number of fused-ring (bicyclic) bond motifs is 1. The summed E-state index contributed by atoms with van der Waals surface area (Å²) in [6, 6.07) is 3.04. The third-order valence-electron chi connectivity index (χ3n) is 1.89. The number of benzene rings is 1. The van der Waals surface area contributed by atoms with Crippen molar-refractivity contribution in [3.8, 4) is 6.08 Å². The molecule has 0 radical (unpaired) electrons. The molecular weight excluding hydrogens is 249 g/mol. The largest absolute Gasteiger partial charge is 0.418 e. The van der Waals surface area contributed by atoms with Gasteiger partial charge in [0, 0.05) is 0 Å². The van der Waals surface area contributed by atoms with Gasteiger partial charge in [-0.2, -0.15) is 26.9 Å². The molecule has 0 amide bonds. The molecule has 0 spiro atoms. The van der Waals surface area contributed by atoms with Crippen LogP contribution in [0.15, 0.2) is 22.6 Å². The summed E-state index contributed by atoms with van der Waals surface area (Å²) in [6.45, 7) is -3.21. The Morgan fingerprint density at radius 3 is 2.53 bits per heavy atom. The zero-order chi connectivity index (χ0) is 12.6. The van der Waals surface area contributed by atoms with Crippen LogP contribution in [0.3, 0.4) is 0 Å². The highest BCUT2D eigenvalue weighted by Gasteiger charge is 2.34. The molecule has 0 saturated carbocycles. The third kappa shape index (κ3) is 2.29. The van der Waals surface area contributed by atoms with Crippen molar-refractivity contribution in [2.45, 2.75) is 12.8 Å². The Bertz CT molecular complexity index is 534. The number of halogens is 5. The number of nitrogens with zero attached hydrogens (tertiary/aromatic N) is 1. The van der Waals surface area contributed by atoms with Gasteiger partial charge in [0.05, 0.1) is 5.56 Å². The fourth-order valence-corrected chi connectivity index (χ4v) is 1.28. The number of alkyl halides is 5. The quantitative estimate of drug-likeness (QED) is 0.769. The molecule has 0 bridgehead atoms. The first-order valence-corrected chi connectivity index (χ1v) is 4.29. The van der Waals surface area contributed by atoms with E-state index >= 15 is 0 Å². The van der Waals surface area contributed by atoms with Gasteiger partial charge in [0.2, 0.25) is 0 Å². The molecule has 0 aliphatic rings. The van der Waals surface area contributed by atoms with Gasteiger partial charge in [0.25, 0.3) is 0 Å². The fourth-order valence-electron chi connectivity index (χ4n) is 1.28. The smallest absolute Gasteiger partial charge is 0.409 e. The van der Waals surface area contributed by atoms with Crippen LogP contribution in [0.25, 0.3) is 11.1 Å². The molecule has 2 rings (SSSR count). The maximum atomic E-state index is 12.5. The van der Waals surface area contributed by atoms with Gasteiger partial charge in [0.15, 0.2) is 5.58 Å². The molecule has 0 aliphatic carbocycles. The number of aromatic nitrogens is 1. The van der Waals surface area contributed by atoms with Crippen molar-refractivity contribution in [3.05, 3.63) is 23.8 Å². The zero-order valence-electron chi connectivity index (χ0n) is 7.96. The summed E-state index contributed by atoms with van der Waals surface area (Å²) in [5, 5.41) is 0. The summed E-state index contributed by atoms with van der Waals surface area (Å²) in [4.78, 5) is 3.23. The Labute approximate surface area is 90.8 Å². The normalized spacial score (nSPS) is 12.4. The van der Waals surface area contributed by atoms with E-state index in [1.807, 2.05) is 0 Å². The Morgan fingerprint density at radius 2 is 1.94 bits per heavy atom. The third-order valence-corrected chi connectivity index (χ3v) is 1.89. The average molecular weight is 253 g/mol. The molecule has 92 valence electrons. The van der Waals surface area contributed by atoms with Crippen LogP contribution in [0.4, 0.5) is 22.0 Å². The molecule has 0 aliphatic heterocycles. The topological polar surface area (TPSA) is 35.3 Å². The second-order valence-corrected chi connectivity index (χ2v) is 3.01. The monoisotopic (exact) mass is 253 g/mol. The van der Waals surface area contributed by atoms with Gasteiger partial charge in [-0.3, -0.25) is 0 Å². The fraction of sp³-hybridized carbons (Fsp3) is 0.222. The summed E-state index contributed by atoms with van der Waals surface area (Å²) in [7, 11) is 0. The second kappa shape index (κ2) is 3.86. The van der Waals surface area contributed by atoms with Crippen molar-refractivity contribution >= 4 is 11.1 Å². The van der Waals surface area contributed by atoms with Gasteiger partial charge in [-0.15, -0.1) is 0 Å². The van der Waals surface area contributed by atoms with Crippen molar-refractivity contribution in [2.75, 3.05) is 0 Å². The van der Waals surface area contributed by atoms with Gasteiger partial charge in [-0.1, -0.05) is 6.07 Å². The van der Waals surface area contributed by atoms with Gasteiger partial charge >= 0.3 is 18.9 Å². The van der Waals surface area contributed by atoms with E-state index in [0.717, 1.165) is 12.1 Å². The van der Waals surface area contributed by atoms with E-state index in [1.54, 1.807) is 0 Å². The van der Waals surface area contributed by atoms with Crippen molar-refractivity contribution < 1.29 is 31.1 Å². The van der Waals surface area contributed by atoms with Crippen LogP contribution in [0.5, 0.6) is 6.08 Å². The van der Waals surface area contributed by atoms with Gasteiger partial charge < -0.3 is 9.15 Å². The van der Waals surface area contributed by atoms with Crippen LogP contribution in [0.2, 0.25) is 0 Å². The van der Waals surface area contributed by atoms with E-state index in [1.165, 1.54) is 6.07 Å². The highest BCUT2D eigenvalue weighted by Crippen LogP contribution is 2.35. The molecule has 1 aromatic heterocycles. The lowest BCUT2D eigenvalue weighted by molar-refractivity contribution is -0.136. The molecule has 3 nitrogen and oxygen atoms in total. The Balaban J connectivity index is 2.53. The van der Waals surface area contributed by atoms with E-state index in [2.05, 4.69) is 14.1 Å². The second-order valence-electron chi connectivity index (χ2n) is 3.01. The van der Waals surface area contributed by atoms with Crippen LogP contribution in [-0.2, 0) is 6.18 Å². The predicted octanol–water partition coefficient (Wildman–Crippen LogP) is 3.45. The van der Waals surface area contributed by atoms with Crippen molar-refractivity contribution in [1.82, 2.24) is 4.98 Å². The minimum Gasteiger partial charge on any atom is -0.409 e. The lowest BCUT2D eigenvalue weighted by Crippen LogP contribution is -2.05. The van der Waals surface area contributed by atoms with E-state index < -0.39 is 29.9 Å². The zero-order valence-corrected chi connectivity index (χ0v) is 7.96. The highest BCUT2D eigenvalue weighted by molar-refractivity contribution is 5.77. The minimum absolute atomic E-state index is 0.268. The maximum Gasteiger partial charge on any atom is 0.418 e. The first-order chi connectivity index (χ1) is 7.88. The Morgan fingerprint density at radius 1 is 1.24 bits per heavy atom. The minimum atomic E-state index is -4.64. The van der Waals surface area contributed by atoms with E-state index in [-0.39, 0.29) is 5.58 Å². The molecule has 2 aromatic rings. The van der Waals surface area contributed by atoms with Crippen molar-refractivity contribution in [1.29, 1.82) is 0 Å². The SMILES string of the molecule is FC(F)Oc1nc2c(C(F)(F)F)cccc2o1. The summed E-state index contributed by atoms with van der Waals surface area (Å²) < 4.78 is 69.6. The molecule has 1 heterocycles. The van der Waals surface area contributed by atoms with Crippen molar-refractivity contribution in [2.24, 2.45) is 0 Å². The molecule has 1 aromatic carbocycles. The molecule has 0 fully saturated rings. The standard InChI is InChI=1S/C9H4F5NO2/c10-7(11)17-8-15-6-4(9(12,13)14)2-1-3-5(6)16-8/h1-3,7H. The predicted molar refractivity (Wildman–Crippen MR) is 45.6 cm³/mol. The Kier molecular flexibility index (Phi) is 2.64. The first-order valence-electron chi connectivity index (χ1n) is 4.29. The highest BCUT2D eigenvalue weighted by atomic mass is 19.4. The van der Waals surface area contributed by atoms with Crippen LogP contribution >= 0.6 is 0 Å². The lowest BCUT2D eigenvalue weighted by Gasteiger charge is -2.05. The lowest BCUT2D eigenvalue weighted by atomic mass is 10.2. The first kappa shape index (κ1) is 11.6. The molecule has 8 heteroatoms. The summed E-state index contributed by atoms with van der Waals surface area (Å²) in [5.41, 5.74) is -1.89. The molecule has 0 saturated heterocycles. The van der Waals surface area contributed by atoms with E-state index in [0.29, 0.717) is 0 Å². The van der Waals surface area contributed by atoms with Gasteiger partial charge in [-0.25, -0.2) is 0 Å². The van der Waals surface area contributed by atoms with E-state index in [4.69, 9.17) is 0 Å². The molecule has 0 N–H and O–H groups in total. The molecular formula is C9H4F5NO2. The van der Waals surface area contributed by atoms with E-state index in [9.17, 15) is 22.0 Å². The molecule has 17 heavy (non-hydrogen) atoms. The molecule has 0 atom stereocenters. The summed E-state index contributed by atoms with van der Waals surface area (Å²) in [6.07, 6.45) is -5.54. The van der Waals surface area contributed by atoms with Crippen molar-refractivity contribution in [3.63, 3.8) is 0 Å². The van der Waals surface area contributed by atoms with Gasteiger partial charge in [-0.05, 0) is 12.1 Å². The Hall–Kier alpha value is -1.86. The van der Waals surface area contributed by atoms with Crippen LogP contribution in [-0.4, -0.2) is 11.6 Å². The van der Waals surface area contributed by atoms with Crippen LogP contribution in [0, 0.1) is 0 Å². The maximum absolute atomic E-state index is 12.5. The van der Waals surface area contributed by atoms with Crippen LogP contribution in [0.1, 0.15) is 5.56 Å². The number of para-hydroxylation sites is 1. The van der Waals surface area contributed by atoms with Gasteiger partial charge in [0.1, 0.15) is 5.52 Å². The number of oxazole rings is 1. The summed E-state index contributed by atoms with van der Waals surface area (Å²) >= 11 is 0. The van der Waals surface area contributed by atoms with Crippen LogP contribution < -0.4 is 4.74 Å². The number of ether oxygens (including phenoxy) is 1. The number of hydrogen-bond donors (Lipinski definition) is 0. The number of hydrogen-bond acceptors (Lipinski definition) is 3. The average Bonchev–Trinajstić information content (AvgIpc) is 2.55. The summed E-state index contributed by atoms with van der Waals surface area (Å²) in [5.74, 6) is 0.